The molecule has 2 aliphatic heterocycles. The number of anilines is 1. The minimum absolute atomic E-state index is 0.211. The zero-order valence-electron chi connectivity index (χ0n) is 23.3. The first-order valence-corrected chi connectivity index (χ1v) is 15.1. The van der Waals surface area contributed by atoms with E-state index in [0.29, 0.717) is 12.5 Å². The maximum atomic E-state index is 13.4. The smallest absolute Gasteiger partial charge is 0.225 e. The maximum Gasteiger partial charge on any atom is 0.225 e. The fourth-order valence-electron chi connectivity index (χ4n) is 6.96. The van der Waals surface area contributed by atoms with Crippen LogP contribution in [0.25, 0.3) is 11.0 Å². The SMILES string of the molecule is CCCc1cccc(Cn2ncc3c(N4CCN(C(=O)C5CCC(C6CCNCC6)CC5)CC4)ncnc32)n1. The number of carbonyl (C=O) groups is 1. The monoisotopic (exact) mass is 530 g/mol. The maximum absolute atomic E-state index is 13.4. The molecule has 39 heavy (non-hydrogen) atoms. The lowest BCUT2D eigenvalue weighted by molar-refractivity contribution is -0.137. The minimum atomic E-state index is 0.211. The van der Waals surface area contributed by atoms with Crippen LogP contribution >= 0.6 is 0 Å². The number of piperazine rings is 1. The summed E-state index contributed by atoms with van der Waals surface area (Å²) >= 11 is 0. The molecule has 1 N–H and O–H groups in total. The second kappa shape index (κ2) is 12.0. The van der Waals surface area contributed by atoms with Gasteiger partial charge >= 0.3 is 0 Å². The lowest BCUT2D eigenvalue weighted by Gasteiger charge is -2.40. The molecule has 0 spiro atoms. The van der Waals surface area contributed by atoms with Crippen LogP contribution in [0.1, 0.15) is 63.3 Å². The number of fused-ring (bicyclic) bond motifs is 1. The van der Waals surface area contributed by atoms with E-state index in [4.69, 9.17) is 4.98 Å². The van der Waals surface area contributed by atoms with Crippen LogP contribution < -0.4 is 10.2 Å². The Morgan fingerprint density at radius 1 is 0.949 bits per heavy atom. The largest absolute Gasteiger partial charge is 0.352 e. The summed E-state index contributed by atoms with van der Waals surface area (Å²) in [7, 11) is 0. The zero-order valence-corrected chi connectivity index (χ0v) is 23.3. The Morgan fingerprint density at radius 2 is 1.69 bits per heavy atom. The molecule has 3 aromatic rings. The first kappa shape index (κ1) is 26.2. The highest BCUT2D eigenvalue weighted by molar-refractivity contribution is 5.87. The molecular formula is C30H42N8O. The second-order valence-corrected chi connectivity index (χ2v) is 11.6. The average Bonchev–Trinajstić information content (AvgIpc) is 3.40. The number of hydrogen-bond donors (Lipinski definition) is 1. The molecule has 9 heteroatoms. The van der Waals surface area contributed by atoms with Gasteiger partial charge in [0.05, 0.1) is 23.8 Å². The molecule has 3 fully saturated rings. The molecule has 208 valence electrons. The summed E-state index contributed by atoms with van der Waals surface area (Å²) in [6.45, 7) is 8.16. The lowest BCUT2D eigenvalue weighted by atomic mass is 9.72. The average molecular weight is 531 g/mol. The highest BCUT2D eigenvalue weighted by Gasteiger charge is 2.34. The molecule has 0 bridgehead atoms. The van der Waals surface area contributed by atoms with Crippen molar-refractivity contribution in [2.45, 2.75) is 64.8 Å². The Morgan fingerprint density at radius 3 is 2.46 bits per heavy atom. The van der Waals surface area contributed by atoms with Gasteiger partial charge in [0.2, 0.25) is 5.91 Å². The van der Waals surface area contributed by atoms with Crippen molar-refractivity contribution >= 4 is 22.8 Å². The molecule has 5 heterocycles. The molecule has 1 aliphatic carbocycles. The van der Waals surface area contributed by atoms with Crippen LogP contribution in [0.5, 0.6) is 0 Å². The quantitative estimate of drug-likeness (QED) is 0.498. The van der Waals surface area contributed by atoms with Gasteiger partial charge in [0.25, 0.3) is 0 Å². The van der Waals surface area contributed by atoms with Crippen molar-refractivity contribution in [3.05, 3.63) is 42.1 Å². The number of aryl methyl sites for hydroxylation is 1. The molecule has 3 aliphatic rings. The molecule has 6 rings (SSSR count). The summed E-state index contributed by atoms with van der Waals surface area (Å²) in [4.78, 5) is 31.8. The van der Waals surface area contributed by atoms with Crippen molar-refractivity contribution < 1.29 is 4.79 Å². The molecule has 0 unspecified atom stereocenters. The van der Waals surface area contributed by atoms with Crippen molar-refractivity contribution in [1.29, 1.82) is 0 Å². The third-order valence-corrected chi connectivity index (χ3v) is 9.16. The normalized spacial score (nSPS) is 22.9. The van der Waals surface area contributed by atoms with Gasteiger partial charge in [-0.15, -0.1) is 0 Å². The molecular weight excluding hydrogens is 488 g/mol. The van der Waals surface area contributed by atoms with Crippen LogP contribution in [0.3, 0.4) is 0 Å². The predicted molar refractivity (Wildman–Crippen MR) is 152 cm³/mol. The Labute approximate surface area is 231 Å². The van der Waals surface area contributed by atoms with Gasteiger partial charge in [-0.05, 0) is 82.0 Å². The lowest BCUT2D eigenvalue weighted by Crippen LogP contribution is -2.51. The number of pyridine rings is 1. The Kier molecular flexibility index (Phi) is 8.04. The minimum Gasteiger partial charge on any atom is -0.352 e. The molecule has 0 atom stereocenters. The standard InChI is InChI=1S/C30H42N8O/c1-2-4-25-5-3-6-26(35-25)20-38-29-27(19-34-38)28(32-21-33-29)36-15-17-37(18-16-36)30(39)24-9-7-22(8-10-24)23-11-13-31-14-12-23/h3,5-6,19,21-24,31H,2,4,7-18,20H2,1H3. The van der Waals surface area contributed by atoms with Crippen molar-refractivity contribution in [2.75, 3.05) is 44.2 Å². The number of hydrogen-bond acceptors (Lipinski definition) is 7. The van der Waals surface area contributed by atoms with Crippen LogP contribution in [-0.4, -0.2) is 74.8 Å². The van der Waals surface area contributed by atoms with E-state index in [1.807, 2.05) is 16.9 Å². The van der Waals surface area contributed by atoms with Crippen molar-refractivity contribution in [3.8, 4) is 0 Å². The van der Waals surface area contributed by atoms with Crippen LogP contribution in [-0.2, 0) is 17.8 Å². The van der Waals surface area contributed by atoms with E-state index < -0.39 is 0 Å². The number of rotatable bonds is 7. The van der Waals surface area contributed by atoms with Crippen LogP contribution in [0.15, 0.2) is 30.7 Å². The number of nitrogens with one attached hydrogen (secondary N) is 1. The van der Waals surface area contributed by atoms with E-state index in [1.165, 1.54) is 25.7 Å². The number of piperidine rings is 1. The molecule has 0 aromatic carbocycles. The molecule has 0 radical (unpaired) electrons. The Bertz CT molecular complexity index is 1250. The molecule has 2 saturated heterocycles. The van der Waals surface area contributed by atoms with Crippen LogP contribution in [0.2, 0.25) is 0 Å². The fraction of sp³-hybridized carbons (Fsp3) is 0.633. The number of carbonyl (C=O) groups excluding carboxylic acids is 1. The van der Waals surface area contributed by atoms with Crippen molar-refractivity contribution in [3.63, 3.8) is 0 Å². The van der Waals surface area contributed by atoms with E-state index in [0.717, 1.165) is 105 Å². The highest BCUT2D eigenvalue weighted by atomic mass is 16.2. The van der Waals surface area contributed by atoms with E-state index in [-0.39, 0.29) is 5.92 Å². The van der Waals surface area contributed by atoms with E-state index in [2.05, 4.69) is 49.2 Å². The Balaban J connectivity index is 1.06. The summed E-state index contributed by atoms with van der Waals surface area (Å²) in [5, 5.41) is 9.09. The topological polar surface area (TPSA) is 92.1 Å². The van der Waals surface area contributed by atoms with Gasteiger partial charge in [0.1, 0.15) is 12.1 Å². The van der Waals surface area contributed by atoms with Crippen molar-refractivity contribution in [2.24, 2.45) is 17.8 Å². The van der Waals surface area contributed by atoms with Gasteiger partial charge in [-0.1, -0.05) is 19.4 Å². The summed E-state index contributed by atoms with van der Waals surface area (Å²) in [5.41, 5.74) is 2.93. The Hall–Kier alpha value is -3.07. The van der Waals surface area contributed by atoms with Gasteiger partial charge in [-0.25, -0.2) is 14.6 Å². The summed E-state index contributed by atoms with van der Waals surface area (Å²) in [5.74, 6) is 3.18. The van der Waals surface area contributed by atoms with Gasteiger partial charge in [0.15, 0.2) is 5.65 Å². The fourth-order valence-corrected chi connectivity index (χ4v) is 6.96. The first-order valence-electron chi connectivity index (χ1n) is 15.1. The summed E-state index contributed by atoms with van der Waals surface area (Å²) < 4.78 is 1.92. The summed E-state index contributed by atoms with van der Waals surface area (Å²) in [6, 6.07) is 6.20. The van der Waals surface area contributed by atoms with E-state index in [1.54, 1.807) is 6.33 Å². The van der Waals surface area contributed by atoms with Gasteiger partial charge < -0.3 is 15.1 Å². The number of aromatic nitrogens is 5. The van der Waals surface area contributed by atoms with Crippen LogP contribution in [0, 0.1) is 17.8 Å². The first-order chi connectivity index (χ1) is 19.2. The van der Waals surface area contributed by atoms with Gasteiger partial charge in [0, 0.05) is 37.8 Å². The summed E-state index contributed by atoms with van der Waals surface area (Å²) in [6.07, 6.45) is 12.8. The number of nitrogens with zero attached hydrogens (tertiary/aromatic N) is 7. The molecule has 1 amide bonds. The molecule has 3 aromatic heterocycles. The van der Waals surface area contributed by atoms with E-state index in [9.17, 15) is 4.79 Å². The zero-order chi connectivity index (χ0) is 26.6. The molecule has 9 nitrogen and oxygen atoms in total. The van der Waals surface area contributed by atoms with E-state index >= 15 is 0 Å². The third-order valence-electron chi connectivity index (χ3n) is 9.16. The molecule has 1 saturated carbocycles. The highest BCUT2D eigenvalue weighted by Crippen LogP contribution is 2.37. The van der Waals surface area contributed by atoms with Gasteiger partial charge in [-0.3, -0.25) is 9.78 Å². The second-order valence-electron chi connectivity index (χ2n) is 11.6. The van der Waals surface area contributed by atoms with Crippen LogP contribution in [0.4, 0.5) is 5.82 Å². The number of amides is 1. The predicted octanol–water partition coefficient (Wildman–Crippen LogP) is 3.68. The van der Waals surface area contributed by atoms with Gasteiger partial charge in [-0.2, -0.15) is 5.10 Å². The van der Waals surface area contributed by atoms with Crippen molar-refractivity contribution in [1.82, 2.24) is 34.9 Å². The third kappa shape index (κ3) is 5.78.